The standard InChI is InChI=1S/C33H37N5O4/c1-23-9-11-24(12-10-23)32-30(22-35-15-17-36(18-16-35)33(39)26-6-4-8-29(20-26)42-2)37-21-27(13-14-31(37)34-32)25-5-3-7-28(19-25)38(40)41/h3,5,7,9-14,19,21,26,29H,4,6,8,15-18,20,22H2,1-2H3/t26-,29+/m0/s1. The number of non-ortho nitro benzene ring substituents is 1. The van der Waals surface area contributed by atoms with Crippen LogP contribution in [0.2, 0.25) is 0 Å². The Labute approximate surface area is 245 Å². The van der Waals surface area contributed by atoms with Crippen molar-refractivity contribution in [1.82, 2.24) is 19.2 Å². The number of rotatable bonds is 7. The topological polar surface area (TPSA) is 93.2 Å². The van der Waals surface area contributed by atoms with E-state index in [4.69, 9.17) is 9.72 Å². The molecule has 0 unspecified atom stereocenters. The molecule has 42 heavy (non-hydrogen) atoms. The Hall–Kier alpha value is -4.08. The summed E-state index contributed by atoms with van der Waals surface area (Å²) < 4.78 is 7.68. The molecule has 2 aromatic heterocycles. The molecule has 1 saturated carbocycles. The third kappa shape index (κ3) is 5.80. The Morgan fingerprint density at radius 3 is 2.50 bits per heavy atom. The van der Waals surface area contributed by atoms with Crippen molar-refractivity contribution in [3.8, 4) is 22.4 Å². The molecule has 2 aliphatic rings. The second-order valence-corrected chi connectivity index (χ2v) is 11.5. The number of carbonyl (C=O) groups is 1. The number of hydrogen-bond acceptors (Lipinski definition) is 6. The normalized spacial score (nSPS) is 19.7. The maximum atomic E-state index is 13.3. The number of benzene rings is 2. The number of carbonyl (C=O) groups excluding carboxylic acids is 1. The first-order valence-electron chi connectivity index (χ1n) is 14.8. The van der Waals surface area contributed by atoms with Gasteiger partial charge in [0.05, 0.1) is 22.4 Å². The zero-order chi connectivity index (χ0) is 29.2. The van der Waals surface area contributed by atoms with Crippen molar-refractivity contribution < 1.29 is 14.5 Å². The molecule has 3 heterocycles. The molecule has 0 spiro atoms. The maximum absolute atomic E-state index is 13.3. The van der Waals surface area contributed by atoms with E-state index in [1.54, 1.807) is 19.2 Å². The third-order valence-corrected chi connectivity index (χ3v) is 8.80. The Morgan fingerprint density at radius 1 is 1.00 bits per heavy atom. The largest absolute Gasteiger partial charge is 0.381 e. The van der Waals surface area contributed by atoms with E-state index in [0.29, 0.717) is 19.6 Å². The fourth-order valence-corrected chi connectivity index (χ4v) is 6.34. The predicted octanol–water partition coefficient (Wildman–Crippen LogP) is 5.73. The highest BCUT2D eigenvalue weighted by Crippen LogP contribution is 2.31. The van der Waals surface area contributed by atoms with Gasteiger partial charge in [0.25, 0.3) is 5.69 Å². The summed E-state index contributed by atoms with van der Waals surface area (Å²) in [6.45, 7) is 5.75. The van der Waals surface area contributed by atoms with E-state index in [9.17, 15) is 14.9 Å². The average Bonchev–Trinajstić information content (AvgIpc) is 3.38. The van der Waals surface area contributed by atoms with E-state index < -0.39 is 0 Å². The van der Waals surface area contributed by atoms with E-state index in [1.165, 1.54) is 11.6 Å². The monoisotopic (exact) mass is 567 g/mol. The number of imidazole rings is 1. The van der Waals surface area contributed by atoms with Gasteiger partial charge < -0.3 is 14.0 Å². The van der Waals surface area contributed by atoms with Gasteiger partial charge >= 0.3 is 0 Å². The first kappa shape index (κ1) is 28.1. The number of amides is 1. The van der Waals surface area contributed by atoms with Crippen LogP contribution in [0.1, 0.15) is 36.9 Å². The Bertz CT molecular complexity index is 1590. The summed E-state index contributed by atoms with van der Waals surface area (Å²) in [5.41, 5.74) is 6.80. The number of fused-ring (bicyclic) bond motifs is 1. The van der Waals surface area contributed by atoms with Crippen LogP contribution in [0.4, 0.5) is 5.69 Å². The molecule has 1 amide bonds. The smallest absolute Gasteiger partial charge is 0.270 e. The molecule has 4 aromatic rings. The summed E-state index contributed by atoms with van der Waals surface area (Å²) in [7, 11) is 1.74. The van der Waals surface area contributed by atoms with Crippen LogP contribution in [0.25, 0.3) is 28.0 Å². The molecular formula is C33H37N5O4. The van der Waals surface area contributed by atoms with E-state index in [2.05, 4.69) is 40.5 Å². The van der Waals surface area contributed by atoms with Gasteiger partial charge in [-0.25, -0.2) is 4.98 Å². The molecule has 0 bridgehead atoms. The van der Waals surface area contributed by atoms with Gasteiger partial charge in [0.2, 0.25) is 5.91 Å². The van der Waals surface area contributed by atoms with Crippen molar-refractivity contribution in [2.24, 2.45) is 5.92 Å². The lowest BCUT2D eigenvalue weighted by molar-refractivity contribution is -0.384. The highest BCUT2D eigenvalue weighted by atomic mass is 16.6. The van der Waals surface area contributed by atoms with E-state index >= 15 is 0 Å². The fourth-order valence-electron chi connectivity index (χ4n) is 6.34. The number of pyridine rings is 1. The summed E-state index contributed by atoms with van der Waals surface area (Å²) in [5, 5.41) is 11.4. The lowest BCUT2D eigenvalue weighted by atomic mass is 9.86. The predicted molar refractivity (Wildman–Crippen MR) is 162 cm³/mol. The van der Waals surface area contributed by atoms with Gasteiger partial charge in [-0.05, 0) is 49.4 Å². The van der Waals surface area contributed by atoms with Crippen LogP contribution in [0.5, 0.6) is 0 Å². The lowest BCUT2D eigenvalue weighted by Gasteiger charge is -2.38. The minimum atomic E-state index is -0.366. The molecule has 1 saturated heterocycles. The molecule has 6 rings (SSSR count). The fraction of sp³-hybridized carbons (Fsp3) is 0.394. The van der Waals surface area contributed by atoms with Crippen molar-refractivity contribution in [3.63, 3.8) is 0 Å². The molecule has 1 aliphatic heterocycles. The van der Waals surface area contributed by atoms with Crippen LogP contribution in [-0.2, 0) is 16.1 Å². The van der Waals surface area contributed by atoms with Gasteiger partial charge in [0.15, 0.2) is 0 Å². The van der Waals surface area contributed by atoms with Gasteiger partial charge in [0.1, 0.15) is 5.65 Å². The van der Waals surface area contributed by atoms with Gasteiger partial charge in [-0.1, -0.05) is 48.4 Å². The van der Waals surface area contributed by atoms with Crippen molar-refractivity contribution in [2.75, 3.05) is 33.3 Å². The molecule has 1 aliphatic carbocycles. The molecule has 2 atom stereocenters. The number of nitrogens with zero attached hydrogens (tertiary/aromatic N) is 5. The van der Waals surface area contributed by atoms with Crippen LogP contribution in [0.15, 0.2) is 66.9 Å². The van der Waals surface area contributed by atoms with E-state index in [1.807, 2.05) is 29.3 Å². The zero-order valence-electron chi connectivity index (χ0n) is 24.2. The van der Waals surface area contributed by atoms with Gasteiger partial charge in [0, 0.05) is 69.6 Å². The second-order valence-electron chi connectivity index (χ2n) is 11.5. The minimum Gasteiger partial charge on any atom is -0.381 e. The van der Waals surface area contributed by atoms with Crippen molar-refractivity contribution in [2.45, 2.75) is 45.3 Å². The molecule has 0 radical (unpaired) electrons. The third-order valence-electron chi connectivity index (χ3n) is 8.80. The minimum absolute atomic E-state index is 0.0643. The first-order valence-corrected chi connectivity index (χ1v) is 14.8. The SMILES string of the molecule is CO[C@@H]1CCC[C@H](C(=O)N2CCN(Cc3c(-c4ccc(C)cc4)nc4ccc(-c5cccc([N+](=O)[O-])c5)cn34)CC2)C1. The van der Waals surface area contributed by atoms with Crippen molar-refractivity contribution in [1.29, 1.82) is 0 Å². The Kier molecular flexibility index (Phi) is 8.04. The van der Waals surface area contributed by atoms with Gasteiger partial charge in [-0.2, -0.15) is 0 Å². The van der Waals surface area contributed by atoms with Crippen LogP contribution < -0.4 is 0 Å². The first-order chi connectivity index (χ1) is 20.4. The number of hydrogen-bond donors (Lipinski definition) is 0. The van der Waals surface area contributed by atoms with Gasteiger partial charge in [-0.3, -0.25) is 19.8 Å². The van der Waals surface area contributed by atoms with E-state index in [0.717, 1.165) is 72.5 Å². The number of aryl methyl sites for hydroxylation is 1. The molecule has 218 valence electrons. The van der Waals surface area contributed by atoms with Crippen LogP contribution in [0.3, 0.4) is 0 Å². The van der Waals surface area contributed by atoms with Crippen LogP contribution >= 0.6 is 0 Å². The summed E-state index contributed by atoms with van der Waals surface area (Å²) in [5.74, 6) is 0.336. The zero-order valence-corrected chi connectivity index (χ0v) is 24.2. The highest BCUT2D eigenvalue weighted by Gasteiger charge is 2.32. The second kappa shape index (κ2) is 12.0. The van der Waals surface area contributed by atoms with Crippen molar-refractivity contribution in [3.05, 3.63) is 88.2 Å². The summed E-state index contributed by atoms with van der Waals surface area (Å²) in [4.78, 5) is 33.8. The van der Waals surface area contributed by atoms with Gasteiger partial charge in [-0.15, -0.1) is 0 Å². The number of methoxy groups -OCH3 is 1. The molecule has 2 fully saturated rings. The van der Waals surface area contributed by atoms with Crippen LogP contribution in [0, 0.1) is 23.0 Å². The number of nitro benzene ring substituents is 1. The Morgan fingerprint density at radius 2 is 1.76 bits per heavy atom. The average molecular weight is 568 g/mol. The quantitative estimate of drug-likeness (QED) is 0.209. The number of aromatic nitrogens is 2. The molecule has 9 heteroatoms. The molecular weight excluding hydrogens is 530 g/mol. The Balaban J connectivity index is 1.27. The lowest BCUT2D eigenvalue weighted by Crippen LogP contribution is -2.50. The summed E-state index contributed by atoms with van der Waals surface area (Å²) >= 11 is 0. The summed E-state index contributed by atoms with van der Waals surface area (Å²) in [6, 6.07) is 19.1. The number of nitro groups is 1. The maximum Gasteiger partial charge on any atom is 0.270 e. The van der Waals surface area contributed by atoms with E-state index in [-0.39, 0.29) is 28.5 Å². The van der Waals surface area contributed by atoms with Crippen molar-refractivity contribution >= 4 is 17.2 Å². The highest BCUT2D eigenvalue weighted by molar-refractivity contribution is 5.79. The number of piperazine rings is 1. The van der Waals surface area contributed by atoms with Crippen LogP contribution in [-0.4, -0.2) is 69.4 Å². The summed E-state index contributed by atoms with van der Waals surface area (Å²) in [6.07, 6.45) is 6.08. The molecule has 2 aromatic carbocycles. The molecule has 0 N–H and O–H groups in total. The number of ether oxygens (including phenoxy) is 1. The molecule has 9 nitrogen and oxygen atoms in total.